The van der Waals surface area contributed by atoms with E-state index in [9.17, 15) is 29.7 Å². The molecule has 1 atom stereocenters. The number of nitrogens with one attached hydrogen (secondary N) is 1. The monoisotopic (exact) mass is 407 g/mol. The molecule has 0 aliphatic heterocycles. The van der Waals surface area contributed by atoms with E-state index in [1.165, 1.54) is 19.9 Å². The molecule has 3 N–H and O–H groups in total. The number of amides is 1. The third kappa shape index (κ3) is 21.2. The normalized spacial score (nSPS) is 11.6. The number of aliphatic hydroxyl groups excluding tert-OH is 2. The Hall–Kier alpha value is 1.08. The van der Waals surface area contributed by atoms with Crippen molar-refractivity contribution in [1.29, 1.82) is 0 Å². The van der Waals surface area contributed by atoms with Gasteiger partial charge in [-0.25, -0.2) is 0 Å². The molecule has 0 bridgehead atoms. The van der Waals surface area contributed by atoms with Gasteiger partial charge in [0.15, 0.2) is 0 Å². The Kier molecular flexibility index (Phi) is 26.7. The first-order valence-electron chi connectivity index (χ1n) is 6.85. The zero-order chi connectivity index (χ0) is 18.5. The summed E-state index contributed by atoms with van der Waals surface area (Å²) in [5, 5.41) is 40.3. The summed E-state index contributed by atoms with van der Waals surface area (Å²) in [6.45, 7) is 4.41. The molecule has 0 aromatic heterocycles. The van der Waals surface area contributed by atoms with Crippen molar-refractivity contribution in [2.75, 3.05) is 13.2 Å². The molecule has 0 saturated heterocycles. The second-order valence-electron chi connectivity index (χ2n) is 5.17. The summed E-state index contributed by atoms with van der Waals surface area (Å²) in [6.07, 6.45) is 4.06. The fourth-order valence-corrected chi connectivity index (χ4v) is 1.07. The number of aliphatic carboxylic acids is 2. The molecule has 132 valence electrons. The Bertz CT molecular complexity index is 451. The SMILES string of the molecule is CC(C)(CO)C(O)C(=O)NCCC(=O)[O-].CC=CC=CC(=O)[O-].[K+].[K+]. The third-order valence-corrected chi connectivity index (χ3v) is 2.56. The van der Waals surface area contributed by atoms with Gasteiger partial charge in [-0.05, 0) is 13.0 Å². The van der Waals surface area contributed by atoms with Crippen molar-refractivity contribution in [1.82, 2.24) is 5.32 Å². The second-order valence-corrected chi connectivity index (χ2v) is 5.17. The Labute approximate surface area is 233 Å². The molecule has 0 radical (unpaired) electrons. The minimum Gasteiger partial charge on any atom is -0.550 e. The van der Waals surface area contributed by atoms with Crippen LogP contribution in [-0.4, -0.2) is 47.3 Å². The summed E-state index contributed by atoms with van der Waals surface area (Å²) in [5.74, 6) is -3.13. The average molecular weight is 408 g/mol. The van der Waals surface area contributed by atoms with E-state index in [0.717, 1.165) is 6.08 Å². The maximum Gasteiger partial charge on any atom is 1.00 e. The van der Waals surface area contributed by atoms with Gasteiger partial charge in [-0.15, -0.1) is 0 Å². The van der Waals surface area contributed by atoms with Crippen molar-refractivity contribution in [2.45, 2.75) is 33.3 Å². The molecule has 10 heteroatoms. The molecule has 0 heterocycles. The summed E-state index contributed by atoms with van der Waals surface area (Å²) in [7, 11) is 0. The zero-order valence-electron chi connectivity index (χ0n) is 15.4. The van der Waals surface area contributed by atoms with Crippen molar-refractivity contribution in [3.05, 3.63) is 24.3 Å². The Morgan fingerprint density at radius 2 is 1.68 bits per heavy atom. The number of allylic oxidation sites excluding steroid dienone is 3. The molecule has 0 saturated carbocycles. The van der Waals surface area contributed by atoms with Crippen LogP contribution < -0.4 is 118 Å². The van der Waals surface area contributed by atoms with Crippen molar-refractivity contribution < 1.29 is 138 Å². The average Bonchev–Trinajstić information content (AvgIpc) is 2.46. The first kappa shape index (κ1) is 33.7. The van der Waals surface area contributed by atoms with E-state index < -0.39 is 29.4 Å². The van der Waals surface area contributed by atoms with Gasteiger partial charge >= 0.3 is 103 Å². The van der Waals surface area contributed by atoms with Crippen LogP contribution in [0.25, 0.3) is 0 Å². The van der Waals surface area contributed by atoms with Gasteiger partial charge in [0.05, 0.1) is 12.6 Å². The van der Waals surface area contributed by atoms with Crippen LogP contribution in [0.5, 0.6) is 0 Å². The van der Waals surface area contributed by atoms with Gasteiger partial charge in [-0.1, -0.05) is 32.1 Å². The van der Waals surface area contributed by atoms with E-state index in [2.05, 4.69) is 5.32 Å². The molecule has 1 unspecified atom stereocenters. The van der Waals surface area contributed by atoms with Gasteiger partial charge in [-0.2, -0.15) is 0 Å². The van der Waals surface area contributed by atoms with Crippen LogP contribution in [0.3, 0.4) is 0 Å². The molecule has 0 aliphatic carbocycles. The third-order valence-electron chi connectivity index (χ3n) is 2.56. The molecule has 0 rings (SSSR count). The maximum atomic E-state index is 11.2. The predicted octanol–water partition coefficient (Wildman–Crippen LogP) is -8.50. The van der Waals surface area contributed by atoms with Crippen LogP contribution in [0.15, 0.2) is 24.3 Å². The first-order valence-corrected chi connectivity index (χ1v) is 6.85. The molecule has 8 nitrogen and oxygen atoms in total. The van der Waals surface area contributed by atoms with Crippen LogP contribution >= 0.6 is 0 Å². The fourth-order valence-electron chi connectivity index (χ4n) is 1.07. The van der Waals surface area contributed by atoms with Crippen LogP contribution in [0.2, 0.25) is 0 Å². The minimum atomic E-state index is -1.37. The molecular weight excluding hydrogens is 384 g/mol. The van der Waals surface area contributed by atoms with Crippen molar-refractivity contribution in [3.63, 3.8) is 0 Å². The Morgan fingerprint density at radius 1 is 1.16 bits per heavy atom. The van der Waals surface area contributed by atoms with Crippen LogP contribution in [0.1, 0.15) is 27.2 Å². The standard InChI is InChI=1S/C9H17NO5.C6H8O2.2K/c1-9(2,5-11)7(14)8(15)10-4-3-6(12)13;1-2-3-4-5-6(7)8;;/h7,11,14H,3-5H2,1-2H3,(H,10,15)(H,12,13);2-5H,1H3,(H,7,8);;/q;;2*+1/p-2. The number of hydrogen-bond donors (Lipinski definition) is 3. The zero-order valence-corrected chi connectivity index (χ0v) is 21.7. The summed E-state index contributed by atoms with van der Waals surface area (Å²) in [4.78, 5) is 30.9. The summed E-state index contributed by atoms with van der Waals surface area (Å²) in [6, 6.07) is 0. The van der Waals surface area contributed by atoms with Gasteiger partial charge in [-0.3, -0.25) is 4.79 Å². The number of carbonyl (C=O) groups is 3. The molecule has 0 aromatic carbocycles. The largest absolute Gasteiger partial charge is 1.00 e. The Morgan fingerprint density at radius 3 is 2.04 bits per heavy atom. The summed E-state index contributed by atoms with van der Waals surface area (Å²) in [5.41, 5.74) is -0.953. The van der Waals surface area contributed by atoms with Crippen molar-refractivity contribution in [3.8, 4) is 0 Å². The number of carboxylic acids is 2. The summed E-state index contributed by atoms with van der Waals surface area (Å²) < 4.78 is 0. The van der Waals surface area contributed by atoms with E-state index >= 15 is 0 Å². The van der Waals surface area contributed by atoms with E-state index in [4.69, 9.17) is 5.11 Å². The van der Waals surface area contributed by atoms with Gasteiger partial charge in [0.2, 0.25) is 5.91 Å². The molecule has 0 aliphatic rings. The number of carboxylic acid groups (broad SMARTS) is 2. The molecule has 0 fully saturated rings. The number of rotatable bonds is 8. The number of carbonyl (C=O) groups excluding carboxylic acids is 3. The minimum absolute atomic E-state index is 0. The van der Waals surface area contributed by atoms with E-state index in [0.29, 0.717) is 0 Å². The van der Waals surface area contributed by atoms with Crippen LogP contribution in [0.4, 0.5) is 0 Å². The first-order chi connectivity index (χ1) is 10.6. The fraction of sp³-hybridized carbons (Fsp3) is 0.533. The van der Waals surface area contributed by atoms with E-state index in [1.54, 1.807) is 19.1 Å². The smallest absolute Gasteiger partial charge is 0.550 e. The van der Waals surface area contributed by atoms with E-state index in [-0.39, 0.29) is 122 Å². The van der Waals surface area contributed by atoms with Crippen LogP contribution in [-0.2, 0) is 14.4 Å². The summed E-state index contributed by atoms with van der Waals surface area (Å²) >= 11 is 0. The van der Waals surface area contributed by atoms with Crippen LogP contribution in [0, 0.1) is 5.41 Å². The van der Waals surface area contributed by atoms with Gasteiger partial charge in [0.1, 0.15) is 6.10 Å². The van der Waals surface area contributed by atoms with Crippen molar-refractivity contribution >= 4 is 17.8 Å². The maximum absolute atomic E-state index is 11.2. The Balaban J connectivity index is -0.000000190. The quantitative estimate of drug-likeness (QED) is 0.205. The van der Waals surface area contributed by atoms with Gasteiger partial charge < -0.3 is 35.3 Å². The second kappa shape index (κ2) is 19.8. The molecule has 0 spiro atoms. The topological polar surface area (TPSA) is 150 Å². The molecular formula is C15H23K2NO7. The van der Waals surface area contributed by atoms with Gasteiger partial charge in [0.25, 0.3) is 0 Å². The van der Waals surface area contributed by atoms with E-state index in [1.807, 2.05) is 0 Å². The van der Waals surface area contributed by atoms with Crippen molar-refractivity contribution in [2.24, 2.45) is 5.41 Å². The number of hydrogen-bond acceptors (Lipinski definition) is 7. The molecule has 1 amide bonds. The number of aliphatic hydroxyl groups is 2. The molecule has 0 aromatic rings. The van der Waals surface area contributed by atoms with Gasteiger partial charge in [0, 0.05) is 24.3 Å². The predicted molar refractivity (Wildman–Crippen MR) is 78.5 cm³/mol. The molecule has 25 heavy (non-hydrogen) atoms.